The molecule has 1 nitrogen and oxygen atoms in total. The average Bonchev–Trinajstić information content (AvgIpc) is 2.54. The van der Waals surface area contributed by atoms with Gasteiger partial charge in [0, 0.05) is 0 Å². The van der Waals surface area contributed by atoms with Crippen LogP contribution in [0.3, 0.4) is 0 Å². The summed E-state index contributed by atoms with van der Waals surface area (Å²) in [6.07, 6.45) is 3.55. The molecule has 1 heterocycles. The molecular formula is C15H36O. The first-order valence-corrected chi connectivity index (χ1v) is 6.94. The lowest BCUT2D eigenvalue weighted by Crippen LogP contribution is -2.01. The van der Waals surface area contributed by atoms with Crippen molar-refractivity contribution in [3.8, 4) is 0 Å². The van der Waals surface area contributed by atoms with Crippen molar-refractivity contribution in [3.05, 3.63) is 0 Å². The second-order valence-corrected chi connectivity index (χ2v) is 5.33. The molecule has 1 aliphatic heterocycles. The summed E-state index contributed by atoms with van der Waals surface area (Å²) in [5, 5.41) is 0. The van der Waals surface area contributed by atoms with Crippen molar-refractivity contribution in [2.24, 2.45) is 5.41 Å². The Balaban J connectivity index is -0.000000167. The molecule has 2 unspecified atom stereocenters. The van der Waals surface area contributed by atoms with Crippen LogP contribution >= 0.6 is 0 Å². The van der Waals surface area contributed by atoms with Gasteiger partial charge in [-0.2, -0.15) is 0 Å². The van der Waals surface area contributed by atoms with Gasteiger partial charge in [0.05, 0.1) is 12.2 Å². The maximum absolute atomic E-state index is 5.36. The van der Waals surface area contributed by atoms with Crippen molar-refractivity contribution in [1.82, 2.24) is 0 Å². The van der Waals surface area contributed by atoms with Gasteiger partial charge in [0.1, 0.15) is 0 Å². The van der Waals surface area contributed by atoms with Gasteiger partial charge in [0.15, 0.2) is 0 Å². The second kappa shape index (κ2) is 13.0. The highest BCUT2D eigenvalue weighted by Gasteiger charge is 2.16. The molecule has 1 heteroatoms. The normalized spacial score (nSPS) is 22.9. The third kappa shape index (κ3) is 29.2. The molecule has 0 aromatic carbocycles. The van der Waals surface area contributed by atoms with E-state index >= 15 is 0 Å². The van der Waals surface area contributed by atoms with Crippen LogP contribution in [0.5, 0.6) is 0 Å². The second-order valence-electron chi connectivity index (χ2n) is 5.33. The smallest absolute Gasteiger partial charge is 0.0551 e. The van der Waals surface area contributed by atoms with Crippen LogP contribution in [0, 0.1) is 5.41 Å². The molecule has 0 aromatic heterocycles. The third-order valence-electron chi connectivity index (χ3n) is 1.44. The van der Waals surface area contributed by atoms with Crippen LogP contribution in [0.15, 0.2) is 0 Å². The first-order chi connectivity index (χ1) is 7.29. The summed E-state index contributed by atoms with van der Waals surface area (Å²) >= 11 is 0. The molecular weight excluding hydrogens is 196 g/mol. The van der Waals surface area contributed by atoms with Crippen molar-refractivity contribution < 1.29 is 4.74 Å². The van der Waals surface area contributed by atoms with Crippen LogP contribution in [-0.4, -0.2) is 12.2 Å². The van der Waals surface area contributed by atoms with Crippen LogP contribution in [0.2, 0.25) is 0 Å². The van der Waals surface area contributed by atoms with E-state index in [0.29, 0.717) is 17.6 Å². The minimum Gasteiger partial charge on any atom is -0.376 e. The van der Waals surface area contributed by atoms with E-state index < -0.39 is 0 Å². The predicted molar refractivity (Wildman–Crippen MR) is 77.1 cm³/mol. The highest BCUT2D eigenvalue weighted by molar-refractivity contribution is 4.64. The van der Waals surface area contributed by atoms with Crippen LogP contribution in [0.1, 0.15) is 82.1 Å². The fourth-order valence-electron chi connectivity index (χ4n) is 1.00. The highest BCUT2D eigenvalue weighted by Crippen LogP contribution is 2.17. The SMILES string of the molecule is CC.CC.CC(C)(C)C.CC1CCC(C)O1. The number of ether oxygens (including phenoxy) is 1. The molecule has 0 radical (unpaired) electrons. The Morgan fingerprint density at radius 2 is 0.938 bits per heavy atom. The lowest BCUT2D eigenvalue weighted by atomic mass is 10.0. The van der Waals surface area contributed by atoms with E-state index in [9.17, 15) is 0 Å². The summed E-state index contributed by atoms with van der Waals surface area (Å²) < 4.78 is 5.36. The Labute approximate surface area is 105 Å². The Morgan fingerprint density at radius 1 is 0.750 bits per heavy atom. The Hall–Kier alpha value is -0.0400. The number of hydrogen-bond donors (Lipinski definition) is 0. The van der Waals surface area contributed by atoms with Crippen LogP contribution in [0.25, 0.3) is 0 Å². The van der Waals surface area contributed by atoms with Gasteiger partial charge in [0.25, 0.3) is 0 Å². The largest absolute Gasteiger partial charge is 0.376 e. The van der Waals surface area contributed by atoms with Crippen LogP contribution < -0.4 is 0 Å². The van der Waals surface area contributed by atoms with Gasteiger partial charge in [-0.1, -0.05) is 55.4 Å². The molecule has 1 aliphatic rings. The standard InChI is InChI=1S/C6H12O.C5H12.2C2H6/c1-5-3-4-6(2)7-5;1-5(2,3)4;2*1-2/h5-6H,3-4H2,1-2H3;1-4H3;2*1-2H3. The highest BCUT2D eigenvalue weighted by atomic mass is 16.5. The summed E-state index contributed by atoms with van der Waals surface area (Å²) in [6, 6.07) is 0. The average molecular weight is 232 g/mol. The lowest BCUT2D eigenvalue weighted by Gasteiger charge is -2.05. The topological polar surface area (TPSA) is 9.23 Å². The van der Waals surface area contributed by atoms with Crippen molar-refractivity contribution in [3.63, 3.8) is 0 Å². The molecule has 0 amide bonds. The molecule has 0 bridgehead atoms. The molecule has 2 atom stereocenters. The molecule has 0 aliphatic carbocycles. The molecule has 0 N–H and O–H groups in total. The summed E-state index contributed by atoms with van der Waals surface area (Å²) in [4.78, 5) is 0. The summed E-state index contributed by atoms with van der Waals surface area (Å²) in [5.74, 6) is 0. The van der Waals surface area contributed by atoms with Gasteiger partial charge in [-0.25, -0.2) is 0 Å². The van der Waals surface area contributed by atoms with E-state index in [1.54, 1.807) is 0 Å². The van der Waals surface area contributed by atoms with E-state index in [-0.39, 0.29) is 0 Å². The van der Waals surface area contributed by atoms with Crippen LogP contribution in [-0.2, 0) is 4.74 Å². The first kappa shape index (κ1) is 21.3. The van der Waals surface area contributed by atoms with Crippen LogP contribution in [0.4, 0.5) is 0 Å². The molecule has 0 aromatic rings. The van der Waals surface area contributed by atoms with Crippen molar-refractivity contribution >= 4 is 0 Å². The van der Waals surface area contributed by atoms with Crippen molar-refractivity contribution in [2.45, 2.75) is 94.3 Å². The van der Waals surface area contributed by atoms with Crippen molar-refractivity contribution in [2.75, 3.05) is 0 Å². The molecule has 0 spiro atoms. The van der Waals surface area contributed by atoms with Crippen molar-refractivity contribution in [1.29, 1.82) is 0 Å². The summed E-state index contributed by atoms with van der Waals surface area (Å²) in [7, 11) is 0. The fraction of sp³-hybridized carbons (Fsp3) is 1.00. The first-order valence-electron chi connectivity index (χ1n) is 6.94. The molecule has 1 rings (SSSR count). The molecule has 0 saturated carbocycles. The maximum Gasteiger partial charge on any atom is 0.0551 e. The fourth-order valence-corrected chi connectivity index (χ4v) is 1.00. The van der Waals surface area contributed by atoms with E-state index in [1.165, 1.54) is 12.8 Å². The molecule has 16 heavy (non-hydrogen) atoms. The minimum absolute atomic E-state index is 0.500. The van der Waals surface area contributed by atoms with E-state index in [1.807, 2.05) is 27.7 Å². The third-order valence-corrected chi connectivity index (χ3v) is 1.44. The lowest BCUT2D eigenvalue weighted by molar-refractivity contribution is 0.0673. The number of rotatable bonds is 0. The van der Waals surface area contributed by atoms with E-state index in [4.69, 9.17) is 4.74 Å². The monoisotopic (exact) mass is 232 g/mol. The van der Waals surface area contributed by atoms with Gasteiger partial charge in [-0.05, 0) is 32.1 Å². The van der Waals surface area contributed by atoms with Gasteiger partial charge in [-0.3, -0.25) is 0 Å². The van der Waals surface area contributed by atoms with Gasteiger partial charge >= 0.3 is 0 Å². The maximum atomic E-state index is 5.36. The van der Waals surface area contributed by atoms with Gasteiger partial charge in [0.2, 0.25) is 0 Å². The predicted octanol–water partition coefficient (Wildman–Crippen LogP) is 5.68. The molecule has 102 valence electrons. The zero-order chi connectivity index (χ0) is 13.8. The zero-order valence-electron chi connectivity index (χ0n) is 13.5. The van der Waals surface area contributed by atoms with Gasteiger partial charge < -0.3 is 4.74 Å². The number of hydrogen-bond acceptors (Lipinski definition) is 1. The Kier molecular flexibility index (Phi) is 17.3. The Morgan fingerprint density at radius 3 is 1.00 bits per heavy atom. The molecule has 1 saturated heterocycles. The zero-order valence-corrected chi connectivity index (χ0v) is 13.5. The minimum atomic E-state index is 0.500. The van der Waals surface area contributed by atoms with Gasteiger partial charge in [-0.15, -0.1) is 0 Å². The quantitative estimate of drug-likeness (QED) is 0.522. The summed E-state index contributed by atoms with van der Waals surface area (Å²) in [6.45, 7) is 21.0. The summed E-state index contributed by atoms with van der Waals surface area (Å²) in [5.41, 5.74) is 0.500. The Bertz CT molecular complexity index is 99.1. The molecule has 1 fully saturated rings. The van der Waals surface area contributed by atoms with E-state index in [0.717, 1.165) is 0 Å². The van der Waals surface area contributed by atoms with E-state index in [2.05, 4.69) is 41.5 Å².